The Balaban J connectivity index is 0.00000150. The molecule has 0 saturated carbocycles. The summed E-state index contributed by atoms with van der Waals surface area (Å²) in [6.07, 6.45) is 0. The van der Waals surface area contributed by atoms with Crippen LogP contribution in [0.3, 0.4) is 0 Å². The Morgan fingerprint density at radius 2 is 1.18 bits per heavy atom. The minimum atomic E-state index is -1.22. The van der Waals surface area contributed by atoms with Crippen molar-refractivity contribution in [3.05, 3.63) is 114 Å². The standard InChI is InChI=1S/C21H16N4O2.Li.H/c26-20(27)19-22-24-25(23-19)21(16-10-4-1-5-11-16,17-12-6-2-7-13-17)18-14-8-3-9-15-18;;/h1-15H,(H,26,27);;/q;+1;-1. The Hall–Kier alpha value is -3.20. The van der Waals surface area contributed by atoms with Crippen LogP contribution in [0.5, 0.6) is 0 Å². The Morgan fingerprint density at radius 3 is 1.50 bits per heavy atom. The van der Waals surface area contributed by atoms with Gasteiger partial charge < -0.3 is 6.53 Å². The molecule has 0 saturated heterocycles. The van der Waals surface area contributed by atoms with E-state index in [0.29, 0.717) is 0 Å². The average molecular weight is 364 g/mol. The number of rotatable bonds is 5. The molecule has 0 aliphatic rings. The molecule has 3 aromatic carbocycles. The Kier molecular flexibility index (Phi) is 5.74. The van der Waals surface area contributed by atoms with E-state index in [-0.39, 0.29) is 26.1 Å². The van der Waals surface area contributed by atoms with Gasteiger partial charge in [-0.15, -0.1) is 15.0 Å². The smallest absolute Gasteiger partial charge is 1.00 e. The van der Waals surface area contributed by atoms with Crippen LogP contribution in [0.25, 0.3) is 0 Å². The van der Waals surface area contributed by atoms with Gasteiger partial charge in [0.2, 0.25) is 0 Å². The normalized spacial score (nSPS) is 10.9. The van der Waals surface area contributed by atoms with Crippen molar-refractivity contribution in [2.45, 2.75) is 5.54 Å². The molecular formula is C21H17LiN4O2. The molecule has 6 nitrogen and oxygen atoms in total. The molecular weight excluding hydrogens is 347 g/mol. The summed E-state index contributed by atoms with van der Waals surface area (Å²) >= 11 is 0. The van der Waals surface area contributed by atoms with Gasteiger partial charge in [0.05, 0.1) is 0 Å². The molecule has 0 fully saturated rings. The van der Waals surface area contributed by atoms with Crippen molar-refractivity contribution in [1.82, 2.24) is 20.2 Å². The summed E-state index contributed by atoms with van der Waals surface area (Å²) in [4.78, 5) is 12.8. The Bertz CT molecular complexity index is 963. The number of benzene rings is 3. The van der Waals surface area contributed by atoms with E-state index in [0.717, 1.165) is 16.7 Å². The topological polar surface area (TPSA) is 80.9 Å². The Labute approximate surface area is 175 Å². The number of nitrogens with zero attached hydrogens (tertiary/aromatic N) is 4. The molecule has 4 rings (SSSR count). The van der Waals surface area contributed by atoms with Gasteiger partial charge in [-0.1, -0.05) is 91.0 Å². The first-order valence-corrected chi connectivity index (χ1v) is 8.43. The van der Waals surface area contributed by atoms with E-state index in [1.807, 2.05) is 91.0 Å². The van der Waals surface area contributed by atoms with Crippen molar-refractivity contribution in [2.24, 2.45) is 0 Å². The average Bonchev–Trinajstić information content (AvgIpc) is 3.22. The number of carboxylic acids is 1. The van der Waals surface area contributed by atoms with Gasteiger partial charge in [0.1, 0.15) is 0 Å². The molecule has 0 atom stereocenters. The molecule has 28 heavy (non-hydrogen) atoms. The summed E-state index contributed by atoms with van der Waals surface area (Å²) in [7, 11) is 0. The van der Waals surface area contributed by atoms with E-state index in [1.165, 1.54) is 4.80 Å². The summed E-state index contributed by atoms with van der Waals surface area (Å²) in [6, 6.07) is 29.3. The van der Waals surface area contributed by atoms with Gasteiger partial charge in [0, 0.05) is 0 Å². The number of hydrogen-bond acceptors (Lipinski definition) is 4. The molecule has 0 bridgehead atoms. The van der Waals surface area contributed by atoms with Crippen LogP contribution in [-0.4, -0.2) is 31.3 Å². The van der Waals surface area contributed by atoms with Gasteiger partial charge in [-0.05, 0) is 21.9 Å². The van der Waals surface area contributed by atoms with Gasteiger partial charge in [0.15, 0.2) is 5.54 Å². The fourth-order valence-electron chi connectivity index (χ4n) is 3.33. The molecule has 0 radical (unpaired) electrons. The molecule has 0 unspecified atom stereocenters. The molecule has 0 aliphatic heterocycles. The van der Waals surface area contributed by atoms with Crippen LogP contribution in [0, 0.1) is 0 Å². The number of carbonyl (C=O) groups is 1. The van der Waals surface area contributed by atoms with Crippen LogP contribution in [0.4, 0.5) is 0 Å². The van der Waals surface area contributed by atoms with Crippen LogP contribution in [0.15, 0.2) is 91.0 Å². The summed E-state index contributed by atoms with van der Waals surface area (Å²) in [5, 5.41) is 21.4. The van der Waals surface area contributed by atoms with Crippen molar-refractivity contribution < 1.29 is 30.2 Å². The number of aromatic nitrogens is 4. The number of carboxylic acid groups (broad SMARTS) is 1. The number of aromatic carboxylic acids is 1. The first-order valence-electron chi connectivity index (χ1n) is 8.43. The first kappa shape index (κ1) is 19.6. The van der Waals surface area contributed by atoms with Gasteiger partial charge in [0.25, 0.3) is 5.82 Å². The van der Waals surface area contributed by atoms with Crippen molar-refractivity contribution in [3.63, 3.8) is 0 Å². The second-order valence-electron chi connectivity index (χ2n) is 6.02. The van der Waals surface area contributed by atoms with Crippen LogP contribution >= 0.6 is 0 Å². The minimum Gasteiger partial charge on any atom is -1.00 e. The SMILES string of the molecule is O=C(O)c1nnn(C(c2ccccc2)(c2ccccc2)c2ccccc2)n1.[H-].[Li+]. The first-order chi connectivity index (χ1) is 13.2. The monoisotopic (exact) mass is 364 g/mol. The second-order valence-corrected chi connectivity index (χ2v) is 6.02. The fraction of sp³-hybridized carbons (Fsp3) is 0.0476. The van der Waals surface area contributed by atoms with Gasteiger partial charge in [-0.3, -0.25) is 0 Å². The van der Waals surface area contributed by atoms with Crippen molar-refractivity contribution in [3.8, 4) is 0 Å². The number of tetrazole rings is 1. The largest absolute Gasteiger partial charge is 1.00 e. The molecule has 134 valence electrons. The van der Waals surface area contributed by atoms with E-state index in [9.17, 15) is 9.90 Å². The van der Waals surface area contributed by atoms with Crippen LogP contribution in [0.1, 0.15) is 28.7 Å². The molecule has 1 aromatic heterocycles. The van der Waals surface area contributed by atoms with E-state index in [4.69, 9.17) is 0 Å². The van der Waals surface area contributed by atoms with E-state index in [1.54, 1.807) is 0 Å². The zero-order valence-electron chi connectivity index (χ0n) is 16.3. The fourth-order valence-corrected chi connectivity index (χ4v) is 3.33. The predicted octanol–water partition coefficient (Wildman–Crippen LogP) is 0.328. The third-order valence-corrected chi connectivity index (χ3v) is 4.48. The minimum absolute atomic E-state index is 0. The third-order valence-electron chi connectivity index (χ3n) is 4.48. The summed E-state index contributed by atoms with van der Waals surface area (Å²) in [5.41, 5.74) is 1.75. The van der Waals surface area contributed by atoms with E-state index >= 15 is 0 Å². The molecule has 0 aliphatic carbocycles. The van der Waals surface area contributed by atoms with Gasteiger partial charge in [-0.2, -0.15) is 0 Å². The van der Waals surface area contributed by atoms with Crippen molar-refractivity contribution >= 4 is 5.97 Å². The van der Waals surface area contributed by atoms with Crippen LogP contribution < -0.4 is 18.9 Å². The predicted molar refractivity (Wildman–Crippen MR) is 100 cm³/mol. The quantitative estimate of drug-likeness (QED) is 0.408. The van der Waals surface area contributed by atoms with Gasteiger partial charge in [-0.25, -0.2) is 4.79 Å². The molecule has 1 N–H and O–H groups in total. The summed E-state index contributed by atoms with van der Waals surface area (Å²) in [6.45, 7) is 0. The third kappa shape index (κ3) is 3.24. The van der Waals surface area contributed by atoms with E-state index < -0.39 is 11.5 Å². The van der Waals surface area contributed by atoms with Crippen molar-refractivity contribution in [2.75, 3.05) is 0 Å². The molecule has 0 amide bonds. The summed E-state index contributed by atoms with van der Waals surface area (Å²) in [5.74, 6) is -1.56. The maximum Gasteiger partial charge on any atom is 1.00 e. The van der Waals surface area contributed by atoms with Gasteiger partial charge >= 0.3 is 24.8 Å². The Morgan fingerprint density at radius 1 is 0.786 bits per heavy atom. The second kappa shape index (κ2) is 8.22. The summed E-state index contributed by atoms with van der Waals surface area (Å²) < 4.78 is 0. The van der Waals surface area contributed by atoms with E-state index in [2.05, 4.69) is 15.4 Å². The van der Waals surface area contributed by atoms with Crippen LogP contribution in [0.2, 0.25) is 0 Å². The molecule has 1 heterocycles. The maximum atomic E-state index is 11.4. The maximum absolute atomic E-state index is 11.4. The molecule has 7 heteroatoms. The number of hydrogen-bond donors (Lipinski definition) is 1. The van der Waals surface area contributed by atoms with Crippen LogP contribution in [-0.2, 0) is 5.54 Å². The molecule has 4 aromatic rings. The zero-order valence-corrected chi connectivity index (χ0v) is 15.3. The zero-order chi connectivity index (χ0) is 18.7. The molecule has 0 spiro atoms. The van der Waals surface area contributed by atoms with Crippen molar-refractivity contribution in [1.29, 1.82) is 0 Å².